The van der Waals surface area contributed by atoms with Crippen molar-refractivity contribution < 1.29 is 21.6 Å². The number of morpholine rings is 1. The fourth-order valence-electron chi connectivity index (χ4n) is 4.63. The highest BCUT2D eigenvalue weighted by molar-refractivity contribution is 7.91. The van der Waals surface area contributed by atoms with Gasteiger partial charge in [0, 0.05) is 37.4 Å². The molecule has 2 aliphatic heterocycles. The van der Waals surface area contributed by atoms with E-state index < -0.39 is 19.9 Å². The third-order valence-electron chi connectivity index (χ3n) is 6.42. The minimum atomic E-state index is -3.54. The third kappa shape index (κ3) is 5.32. The minimum Gasteiger partial charge on any atom is -0.379 e. The standard InChI is InChI=1S/C22H32N4O5S2/c1-17-22(18(2)26(23-17)20-7-12-32(27,28)16-20)15-24(3)14-19-5-4-6-21(13-19)33(29,30)25-8-10-31-11-9-25/h4-6,13,20H,7-12,14-16H2,1-3H3/t20-/m1/s1. The summed E-state index contributed by atoms with van der Waals surface area (Å²) < 4.78 is 58.4. The van der Waals surface area contributed by atoms with E-state index in [0.717, 1.165) is 22.5 Å². The van der Waals surface area contributed by atoms with Crippen LogP contribution in [-0.4, -0.2) is 80.7 Å². The molecular formula is C22H32N4O5S2. The number of hydrogen-bond acceptors (Lipinski definition) is 7. The van der Waals surface area contributed by atoms with Gasteiger partial charge in [0.25, 0.3) is 0 Å². The van der Waals surface area contributed by atoms with Crippen LogP contribution in [0.1, 0.15) is 35.0 Å². The first-order chi connectivity index (χ1) is 15.6. The van der Waals surface area contributed by atoms with Gasteiger partial charge in [-0.1, -0.05) is 12.1 Å². The Balaban J connectivity index is 1.47. The smallest absolute Gasteiger partial charge is 0.243 e. The van der Waals surface area contributed by atoms with Crippen LogP contribution in [-0.2, 0) is 37.7 Å². The van der Waals surface area contributed by atoms with Gasteiger partial charge in [-0.2, -0.15) is 9.40 Å². The fraction of sp³-hybridized carbons (Fsp3) is 0.591. The van der Waals surface area contributed by atoms with E-state index >= 15 is 0 Å². The van der Waals surface area contributed by atoms with Crippen molar-refractivity contribution in [2.24, 2.45) is 0 Å². The predicted molar refractivity (Wildman–Crippen MR) is 125 cm³/mol. The number of nitrogens with zero attached hydrogens (tertiary/aromatic N) is 4. The topological polar surface area (TPSA) is 102 Å². The molecule has 2 aromatic rings. The summed E-state index contributed by atoms with van der Waals surface area (Å²) in [5.74, 6) is 0.365. The van der Waals surface area contributed by atoms with Gasteiger partial charge < -0.3 is 4.74 Å². The maximum Gasteiger partial charge on any atom is 0.243 e. The Morgan fingerprint density at radius 1 is 1.18 bits per heavy atom. The summed E-state index contributed by atoms with van der Waals surface area (Å²) in [4.78, 5) is 2.42. The van der Waals surface area contributed by atoms with Gasteiger partial charge in [0.1, 0.15) is 0 Å². The second-order valence-electron chi connectivity index (χ2n) is 8.99. The number of sulfonamides is 1. The highest BCUT2D eigenvalue weighted by atomic mass is 32.2. The van der Waals surface area contributed by atoms with E-state index in [-0.39, 0.29) is 17.5 Å². The second-order valence-corrected chi connectivity index (χ2v) is 13.2. The van der Waals surface area contributed by atoms with Crippen LogP contribution in [0.2, 0.25) is 0 Å². The number of benzene rings is 1. The normalized spacial score (nSPS) is 21.6. The molecule has 0 unspecified atom stereocenters. The van der Waals surface area contributed by atoms with E-state index in [1.165, 1.54) is 4.31 Å². The molecule has 33 heavy (non-hydrogen) atoms. The third-order valence-corrected chi connectivity index (χ3v) is 10.1. The van der Waals surface area contributed by atoms with Gasteiger partial charge in [0.05, 0.1) is 41.4 Å². The van der Waals surface area contributed by atoms with Crippen molar-refractivity contribution in [2.45, 2.75) is 44.3 Å². The number of rotatable bonds is 7. The molecule has 1 atom stereocenters. The Bertz CT molecular complexity index is 1220. The van der Waals surface area contributed by atoms with Crippen LogP contribution < -0.4 is 0 Å². The lowest BCUT2D eigenvalue weighted by atomic mass is 10.1. The molecule has 4 rings (SSSR count). The molecule has 0 N–H and O–H groups in total. The summed E-state index contributed by atoms with van der Waals surface area (Å²) in [5.41, 5.74) is 3.88. The van der Waals surface area contributed by atoms with E-state index in [9.17, 15) is 16.8 Å². The van der Waals surface area contributed by atoms with Crippen molar-refractivity contribution in [1.82, 2.24) is 19.0 Å². The van der Waals surface area contributed by atoms with Crippen LogP contribution in [0.5, 0.6) is 0 Å². The van der Waals surface area contributed by atoms with E-state index in [1.54, 1.807) is 18.2 Å². The Labute approximate surface area is 196 Å². The zero-order chi connectivity index (χ0) is 23.8. The largest absolute Gasteiger partial charge is 0.379 e. The van der Waals surface area contributed by atoms with Crippen LogP contribution in [0, 0.1) is 13.8 Å². The first kappa shape index (κ1) is 24.3. The number of hydrogen-bond donors (Lipinski definition) is 0. The first-order valence-electron chi connectivity index (χ1n) is 11.2. The number of sulfone groups is 1. The SMILES string of the molecule is Cc1nn([C@@H]2CCS(=O)(=O)C2)c(C)c1CN(C)Cc1cccc(S(=O)(=O)N2CCOCC2)c1. The highest BCUT2D eigenvalue weighted by Crippen LogP contribution is 2.27. The van der Waals surface area contributed by atoms with Crippen LogP contribution in [0.3, 0.4) is 0 Å². The summed E-state index contributed by atoms with van der Waals surface area (Å²) >= 11 is 0. The van der Waals surface area contributed by atoms with Crippen LogP contribution in [0.25, 0.3) is 0 Å². The molecule has 3 heterocycles. The van der Waals surface area contributed by atoms with Gasteiger partial charge in [-0.05, 0) is 45.0 Å². The van der Waals surface area contributed by atoms with Crippen molar-refractivity contribution in [3.63, 3.8) is 0 Å². The minimum absolute atomic E-state index is 0.102. The zero-order valence-electron chi connectivity index (χ0n) is 19.4. The van der Waals surface area contributed by atoms with Crippen LogP contribution >= 0.6 is 0 Å². The molecule has 9 nitrogen and oxygen atoms in total. The summed E-state index contributed by atoms with van der Waals surface area (Å²) in [7, 11) is -4.53. The fourth-order valence-corrected chi connectivity index (χ4v) is 7.80. The van der Waals surface area contributed by atoms with Crippen LogP contribution in [0.15, 0.2) is 29.2 Å². The molecule has 0 amide bonds. The Kier molecular flexibility index (Phi) is 6.97. The van der Waals surface area contributed by atoms with Crippen LogP contribution in [0.4, 0.5) is 0 Å². The monoisotopic (exact) mass is 496 g/mol. The van der Waals surface area contributed by atoms with Gasteiger partial charge in [-0.3, -0.25) is 9.58 Å². The lowest BCUT2D eigenvalue weighted by Gasteiger charge is -2.26. The van der Waals surface area contributed by atoms with Crippen molar-refractivity contribution in [3.8, 4) is 0 Å². The Hall–Kier alpha value is -1.79. The molecule has 2 saturated heterocycles. The lowest BCUT2D eigenvalue weighted by molar-refractivity contribution is 0.0730. The lowest BCUT2D eigenvalue weighted by Crippen LogP contribution is -2.40. The average molecular weight is 497 g/mol. The predicted octanol–water partition coefficient (Wildman–Crippen LogP) is 1.51. The maximum atomic E-state index is 13.0. The van der Waals surface area contributed by atoms with Crippen molar-refractivity contribution in [2.75, 3.05) is 44.9 Å². The maximum absolute atomic E-state index is 13.0. The average Bonchev–Trinajstić information content (AvgIpc) is 3.27. The summed E-state index contributed by atoms with van der Waals surface area (Å²) in [6, 6.07) is 7.00. The van der Waals surface area contributed by atoms with E-state index in [4.69, 9.17) is 4.74 Å². The molecule has 0 bridgehead atoms. The second kappa shape index (κ2) is 9.46. The molecule has 0 aliphatic carbocycles. The molecule has 2 fully saturated rings. The van der Waals surface area contributed by atoms with Crippen molar-refractivity contribution in [1.29, 1.82) is 0 Å². The van der Waals surface area contributed by atoms with Crippen molar-refractivity contribution >= 4 is 19.9 Å². The first-order valence-corrected chi connectivity index (χ1v) is 14.4. The quantitative estimate of drug-likeness (QED) is 0.573. The van der Waals surface area contributed by atoms with Gasteiger partial charge in [-0.15, -0.1) is 0 Å². The highest BCUT2D eigenvalue weighted by Gasteiger charge is 2.31. The molecule has 0 radical (unpaired) electrons. The molecule has 182 valence electrons. The van der Waals surface area contributed by atoms with Crippen molar-refractivity contribution in [3.05, 3.63) is 46.8 Å². The zero-order valence-corrected chi connectivity index (χ0v) is 21.0. The molecule has 1 aromatic heterocycles. The molecule has 1 aromatic carbocycles. The van der Waals surface area contributed by atoms with E-state index in [0.29, 0.717) is 50.7 Å². The molecule has 0 saturated carbocycles. The van der Waals surface area contributed by atoms with E-state index in [1.807, 2.05) is 31.6 Å². The van der Waals surface area contributed by atoms with Gasteiger partial charge in [0.2, 0.25) is 10.0 Å². The summed E-state index contributed by atoms with van der Waals surface area (Å²) in [6.45, 7) is 6.73. The molecule has 0 spiro atoms. The number of aryl methyl sites for hydroxylation is 1. The molecular weight excluding hydrogens is 464 g/mol. The van der Waals surface area contributed by atoms with Gasteiger partial charge in [-0.25, -0.2) is 16.8 Å². The summed E-state index contributed by atoms with van der Waals surface area (Å²) in [6.07, 6.45) is 0.601. The Morgan fingerprint density at radius 3 is 2.58 bits per heavy atom. The van der Waals surface area contributed by atoms with E-state index in [2.05, 4.69) is 10.00 Å². The molecule has 11 heteroatoms. The van der Waals surface area contributed by atoms with Gasteiger partial charge >= 0.3 is 0 Å². The number of aromatic nitrogens is 2. The number of ether oxygens (including phenoxy) is 1. The summed E-state index contributed by atoms with van der Waals surface area (Å²) in [5, 5.41) is 4.65. The van der Waals surface area contributed by atoms with Gasteiger partial charge in [0.15, 0.2) is 9.84 Å². The molecule has 2 aliphatic rings. The Morgan fingerprint density at radius 2 is 1.91 bits per heavy atom.